The molecule has 1 aliphatic rings. The first kappa shape index (κ1) is 20.8. The number of aromatic nitrogens is 1. The second-order valence-corrected chi connectivity index (χ2v) is 9.38. The number of aryl methyl sites for hydroxylation is 2. The zero-order valence-electron chi connectivity index (χ0n) is 17.9. The molecule has 2 atom stereocenters. The van der Waals surface area contributed by atoms with Gasteiger partial charge in [-0.3, -0.25) is 4.98 Å². The van der Waals surface area contributed by atoms with E-state index < -0.39 is 0 Å². The summed E-state index contributed by atoms with van der Waals surface area (Å²) in [5.74, 6) is 0.852. The van der Waals surface area contributed by atoms with Crippen molar-refractivity contribution in [3.05, 3.63) is 108 Å². The van der Waals surface area contributed by atoms with Crippen LogP contribution < -0.4 is 10.2 Å². The Morgan fingerprint density at radius 2 is 1.69 bits per heavy atom. The van der Waals surface area contributed by atoms with Gasteiger partial charge in [0.15, 0.2) is 10.2 Å². The van der Waals surface area contributed by atoms with E-state index in [0.717, 1.165) is 27.1 Å². The highest BCUT2D eigenvalue weighted by Gasteiger charge is 2.42. The van der Waals surface area contributed by atoms with Crippen LogP contribution in [0.4, 0.5) is 5.69 Å². The summed E-state index contributed by atoms with van der Waals surface area (Å²) >= 11 is 7.43. The maximum Gasteiger partial charge on any atom is 0.174 e. The Labute approximate surface area is 197 Å². The van der Waals surface area contributed by atoms with E-state index in [1.54, 1.807) is 11.8 Å². The van der Waals surface area contributed by atoms with Crippen molar-refractivity contribution >= 4 is 34.8 Å². The van der Waals surface area contributed by atoms with Crippen LogP contribution in [0.1, 0.15) is 34.7 Å². The van der Waals surface area contributed by atoms with Gasteiger partial charge in [0.2, 0.25) is 0 Å². The Balaban J connectivity index is 1.56. The summed E-state index contributed by atoms with van der Waals surface area (Å²) in [5, 5.41) is 5.01. The molecule has 0 amide bonds. The number of hydrogen-bond donors (Lipinski definition) is 1. The average Bonchev–Trinajstić information content (AvgIpc) is 3.38. The lowest BCUT2D eigenvalue weighted by Gasteiger charge is -2.26. The van der Waals surface area contributed by atoms with E-state index in [1.165, 1.54) is 11.1 Å². The maximum atomic E-state index is 6.38. The Hall–Kier alpha value is -3.09. The van der Waals surface area contributed by atoms with E-state index in [-0.39, 0.29) is 12.1 Å². The summed E-state index contributed by atoms with van der Waals surface area (Å²) in [6.45, 7) is 4.21. The molecule has 0 spiro atoms. The lowest BCUT2D eigenvalue weighted by Crippen LogP contribution is -2.29. The van der Waals surface area contributed by atoms with Gasteiger partial charge in [-0.1, -0.05) is 42.1 Å². The lowest BCUT2D eigenvalue weighted by atomic mass is 10.0. The molecule has 4 aromatic rings. The largest absolute Gasteiger partial charge is 0.452 e. The van der Waals surface area contributed by atoms with Crippen LogP contribution in [0.25, 0.3) is 0 Å². The average molecular weight is 458 g/mol. The van der Waals surface area contributed by atoms with Crippen LogP contribution in [0.15, 0.2) is 99.5 Å². The molecular weight excluding hydrogens is 434 g/mol. The molecule has 0 bridgehead atoms. The number of thiocarbonyl (C=S) groups is 1. The molecule has 2 aromatic carbocycles. The van der Waals surface area contributed by atoms with Crippen molar-refractivity contribution in [3.63, 3.8) is 0 Å². The summed E-state index contributed by atoms with van der Waals surface area (Å²) in [5.41, 5.74) is 4.38. The molecule has 1 N–H and O–H groups in total. The van der Waals surface area contributed by atoms with Crippen LogP contribution >= 0.6 is 24.0 Å². The summed E-state index contributed by atoms with van der Waals surface area (Å²) in [7, 11) is 0. The molecule has 0 aliphatic carbocycles. The lowest BCUT2D eigenvalue weighted by molar-refractivity contribution is 0.383. The van der Waals surface area contributed by atoms with Gasteiger partial charge in [-0.15, -0.1) is 0 Å². The fourth-order valence-corrected chi connectivity index (χ4v) is 5.31. The Morgan fingerprint density at radius 3 is 2.41 bits per heavy atom. The van der Waals surface area contributed by atoms with Crippen LogP contribution in [0, 0.1) is 13.8 Å². The Kier molecular flexibility index (Phi) is 5.72. The van der Waals surface area contributed by atoms with Gasteiger partial charge >= 0.3 is 0 Å². The van der Waals surface area contributed by atoms with E-state index in [0.29, 0.717) is 5.11 Å². The van der Waals surface area contributed by atoms with E-state index in [9.17, 15) is 0 Å². The molecule has 0 radical (unpaired) electrons. The van der Waals surface area contributed by atoms with Gasteiger partial charge < -0.3 is 14.6 Å². The van der Waals surface area contributed by atoms with E-state index in [4.69, 9.17) is 16.6 Å². The molecule has 4 nitrogen and oxygen atoms in total. The number of anilines is 1. The molecule has 0 unspecified atom stereocenters. The number of benzene rings is 2. The normalized spacial score (nSPS) is 18.1. The monoisotopic (exact) mass is 457 g/mol. The third kappa shape index (κ3) is 4.16. The smallest absolute Gasteiger partial charge is 0.174 e. The van der Waals surface area contributed by atoms with Gasteiger partial charge in [0.05, 0.1) is 11.7 Å². The molecular formula is C26H23N3OS2. The van der Waals surface area contributed by atoms with Crippen molar-refractivity contribution in [2.24, 2.45) is 0 Å². The molecule has 2 aromatic heterocycles. The molecule has 32 heavy (non-hydrogen) atoms. The molecule has 5 rings (SSSR count). The first-order valence-corrected chi connectivity index (χ1v) is 11.7. The van der Waals surface area contributed by atoms with Gasteiger partial charge in [-0.05, 0) is 85.7 Å². The zero-order chi connectivity index (χ0) is 22.1. The van der Waals surface area contributed by atoms with Crippen LogP contribution in [0.5, 0.6) is 0 Å². The topological polar surface area (TPSA) is 41.3 Å². The first-order chi connectivity index (χ1) is 15.6. The zero-order valence-corrected chi connectivity index (χ0v) is 19.5. The highest BCUT2D eigenvalue weighted by atomic mass is 32.2. The van der Waals surface area contributed by atoms with Crippen LogP contribution in [0.2, 0.25) is 0 Å². The van der Waals surface area contributed by atoms with E-state index in [1.807, 2.05) is 48.7 Å². The number of hydrogen-bond acceptors (Lipinski definition) is 4. The van der Waals surface area contributed by atoms with Crippen molar-refractivity contribution in [1.82, 2.24) is 10.3 Å². The van der Waals surface area contributed by atoms with Gasteiger partial charge in [0.1, 0.15) is 11.8 Å². The maximum absolute atomic E-state index is 6.38. The second-order valence-electron chi connectivity index (χ2n) is 7.91. The highest BCUT2D eigenvalue weighted by molar-refractivity contribution is 7.99. The molecule has 3 heterocycles. The number of nitrogens with one attached hydrogen (secondary N) is 1. The molecule has 1 fully saturated rings. The number of nitrogens with zero attached hydrogens (tertiary/aromatic N) is 2. The highest BCUT2D eigenvalue weighted by Crippen LogP contribution is 2.43. The van der Waals surface area contributed by atoms with Crippen molar-refractivity contribution in [2.75, 3.05) is 4.90 Å². The van der Waals surface area contributed by atoms with Crippen LogP contribution in [0.3, 0.4) is 0 Å². The summed E-state index contributed by atoms with van der Waals surface area (Å²) in [6, 6.07) is 26.5. The Morgan fingerprint density at radius 1 is 0.938 bits per heavy atom. The number of rotatable bonds is 5. The predicted octanol–water partition coefficient (Wildman–Crippen LogP) is 6.62. The third-order valence-electron chi connectivity index (χ3n) is 5.44. The van der Waals surface area contributed by atoms with Gasteiger partial charge in [-0.25, -0.2) is 0 Å². The predicted molar refractivity (Wildman–Crippen MR) is 133 cm³/mol. The van der Waals surface area contributed by atoms with Crippen molar-refractivity contribution < 1.29 is 4.42 Å². The van der Waals surface area contributed by atoms with Gasteiger partial charge in [0, 0.05) is 16.8 Å². The van der Waals surface area contributed by atoms with Gasteiger partial charge in [0.25, 0.3) is 0 Å². The molecule has 1 aliphatic heterocycles. The fraction of sp³-hybridized carbons (Fsp3) is 0.154. The molecule has 0 saturated carbocycles. The Bertz CT molecular complexity index is 1220. The minimum Gasteiger partial charge on any atom is -0.452 e. The van der Waals surface area contributed by atoms with Gasteiger partial charge in [-0.2, -0.15) is 0 Å². The minimum absolute atomic E-state index is 0.120. The van der Waals surface area contributed by atoms with Crippen molar-refractivity contribution in [2.45, 2.75) is 35.9 Å². The molecule has 1 saturated heterocycles. The van der Waals surface area contributed by atoms with E-state index in [2.05, 4.69) is 65.4 Å². The van der Waals surface area contributed by atoms with Crippen molar-refractivity contribution in [1.29, 1.82) is 0 Å². The molecule has 160 valence electrons. The molecule has 6 heteroatoms. The second kappa shape index (κ2) is 8.81. The van der Waals surface area contributed by atoms with E-state index >= 15 is 0 Å². The van der Waals surface area contributed by atoms with Crippen molar-refractivity contribution in [3.8, 4) is 0 Å². The standard InChI is InChI=1S/C26H23N3OS2/c1-17-14-18(2)16-19(15-17)29-25(24(28-26(29)31)21-10-6-7-13-27-21)22-11-12-23(30-22)32-20-8-4-3-5-9-20/h3-16,24-25H,1-2H3,(H,28,31)/t24-,25-/m0/s1. The number of furan rings is 1. The van der Waals surface area contributed by atoms with Crippen LogP contribution in [-0.2, 0) is 0 Å². The summed E-state index contributed by atoms with van der Waals surface area (Å²) in [6.07, 6.45) is 1.81. The minimum atomic E-state index is -0.149. The fourth-order valence-electron chi connectivity index (χ4n) is 4.16. The quantitative estimate of drug-likeness (QED) is 0.340. The SMILES string of the molecule is Cc1cc(C)cc(N2C(=S)N[C@@H](c3ccccn3)[C@@H]2c2ccc(Sc3ccccc3)o2)c1. The first-order valence-electron chi connectivity index (χ1n) is 10.5. The summed E-state index contributed by atoms with van der Waals surface area (Å²) in [4.78, 5) is 7.91. The van der Waals surface area contributed by atoms with Crippen LogP contribution in [-0.4, -0.2) is 10.1 Å². The number of pyridine rings is 1. The summed E-state index contributed by atoms with van der Waals surface area (Å²) < 4.78 is 6.38. The third-order valence-corrected chi connectivity index (χ3v) is 6.68.